The lowest BCUT2D eigenvalue weighted by molar-refractivity contribution is -0.113. The summed E-state index contributed by atoms with van der Waals surface area (Å²) in [5.41, 5.74) is 4.83. The molecule has 4 heteroatoms. The quantitative estimate of drug-likeness (QED) is 0.756. The summed E-state index contributed by atoms with van der Waals surface area (Å²) < 4.78 is 12.1. The molecule has 2 N–H and O–H groups in total. The van der Waals surface area contributed by atoms with Crippen molar-refractivity contribution in [3.05, 3.63) is 64.7 Å². The first-order valence-electron chi connectivity index (χ1n) is 10.9. The second kappa shape index (κ2) is 9.29. The minimum absolute atomic E-state index is 0.0540. The van der Waals surface area contributed by atoms with Gasteiger partial charge in [0, 0.05) is 12.8 Å². The van der Waals surface area contributed by atoms with Crippen molar-refractivity contribution in [2.24, 2.45) is 0 Å². The SMILES string of the molecule is Cc1ccc(C2CC(O)CC(CO)O2)cc1Cc1ccc(OC2CCCC2)cc1. The maximum atomic E-state index is 10.1. The Bertz CT molecular complexity index is 795. The first-order valence-corrected chi connectivity index (χ1v) is 10.9. The minimum Gasteiger partial charge on any atom is -0.490 e. The van der Waals surface area contributed by atoms with E-state index in [1.165, 1.54) is 42.4 Å². The average Bonchev–Trinajstić information content (AvgIpc) is 3.23. The summed E-state index contributed by atoms with van der Waals surface area (Å²) in [6.07, 6.45) is 6.31. The van der Waals surface area contributed by atoms with E-state index in [0.29, 0.717) is 18.9 Å². The summed E-state index contributed by atoms with van der Waals surface area (Å²) in [6, 6.07) is 14.9. The molecule has 4 rings (SSSR count). The van der Waals surface area contributed by atoms with Crippen LogP contribution in [0.4, 0.5) is 0 Å². The van der Waals surface area contributed by atoms with Gasteiger partial charge >= 0.3 is 0 Å². The van der Waals surface area contributed by atoms with Crippen LogP contribution < -0.4 is 4.74 Å². The molecule has 156 valence electrons. The first-order chi connectivity index (χ1) is 14.1. The average molecular weight is 397 g/mol. The predicted molar refractivity (Wildman–Crippen MR) is 113 cm³/mol. The number of aryl methyl sites for hydroxylation is 1. The molecule has 1 saturated carbocycles. The van der Waals surface area contributed by atoms with E-state index in [2.05, 4.69) is 49.4 Å². The molecule has 3 atom stereocenters. The fraction of sp³-hybridized carbons (Fsp3) is 0.520. The van der Waals surface area contributed by atoms with Crippen molar-refractivity contribution < 1.29 is 19.7 Å². The van der Waals surface area contributed by atoms with Gasteiger partial charge in [-0.1, -0.05) is 30.3 Å². The Morgan fingerprint density at radius 2 is 1.79 bits per heavy atom. The van der Waals surface area contributed by atoms with E-state index in [9.17, 15) is 10.2 Å². The molecule has 1 aliphatic heterocycles. The van der Waals surface area contributed by atoms with Crippen molar-refractivity contribution in [1.29, 1.82) is 0 Å². The molecule has 2 fully saturated rings. The van der Waals surface area contributed by atoms with Gasteiger partial charge in [-0.25, -0.2) is 0 Å². The lowest BCUT2D eigenvalue weighted by Crippen LogP contribution is -2.33. The fourth-order valence-electron chi connectivity index (χ4n) is 4.51. The van der Waals surface area contributed by atoms with Crippen LogP contribution in [0.5, 0.6) is 5.75 Å². The van der Waals surface area contributed by atoms with Crippen LogP contribution in [-0.4, -0.2) is 35.1 Å². The molecule has 0 aromatic heterocycles. The maximum absolute atomic E-state index is 10.1. The zero-order valence-corrected chi connectivity index (χ0v) is 17.2. The largest absolute Gasteiger partial charge is 0.490 e. The topological polar surface area (TPSA) is 58.9 Å². The Hall–Kier alpha value is -1.88. The van der Waals surface area contributed by atoms with Crippen molar-refractivity contribution in [3.63, 3.8) is 0 Å². The van der Waals surface area contributed by atoms with Crippen LogP contribution in [0.15, 0.2) is 42.5 Å². The van der Waals surface area contributed by atoms with Crippen LogP contribution in [-0.2, 0) is 11.2 Å². The highest BCUT2D eigenvalue weighted by Gasteiger charge is 2.29. The molecule has 0 amide bonds. The molecule has 1 aliphatic carbocycles. The third-order valence-electron chi connectivity index (χ3n) is 6.25. The molecular weight excluding hydrogens is 364 g/mol. The molecule has 2 aromatic carbocycles. The molecule has 2 aromatic rings. The van der Waals surface area contributed by atoms with Gasteiger partial charge in [-0.3, -0.25) is 0 Å². The number of ether oxygens (including phenoxy) is 2. The van der Waals surface area contributed by atoms with Gasteiger partial charge in [0.2, 0.25) is 0 Å². The molecule has 0 radical (unpaired) electrons. The Morgan fingerprint density at radius 3 is 2.52 bits per heavy atom. The third kappa shape index (κ3) is 5.19. The molecule has 2 aliphatic rings. The van der Waals surface area contributed by atoms with Crippen LogP contribution in [0, 0.1) is 6.92 Å². The molecule has 1 saturated heterocycles. The number of hydrogen-bond acceptors (Lipinski definition) is 4. The third-order valence-corrected chi connectivity index (χ3v) is 6.25. The maximum Gasteiger partial charge on any atom is 0.119 e. The molecule has 4 nitrogen and oxygen atoms in total. The van der Waals surface area contributed by atoms with Gasteiger partial charge in [-0.15, -0.1) is 0 Å². The van der Waals surface area contributed by atoms with Gasteiger partial charge in [0.1, 0.15) is 5.75 Å². The van der Waals surface area contributed by atoms with E-state index in [-0.39, 0.29) is 18.8 Å². The number of benzene rings is 2. The van der Waals surface area contributed by atoms with Crippen molar-refractivity contribution >= 4 is 0 Å². The highest BCUT2D eigenvalue weighted by Crippen LogP contribution is 2.33. The van der Waals surface area contributed by atoms with Gasteiger partial charge in [0.25, 0.3) is 0 Å². The second-order valence-electron chi connectivity index (χ2n) is 8.59. The smallest absolute Gasteiger partial charge is 0.119 e. The number of aliphatic hydroxyl groups excluding tert-OH is 2. The molecule has 3 unspecified atom stereocenters. The Balaban J connectivity index is 1.45. The lowest BCUT2D eigenvalue weighted by Gasteiger charge is -2.32. The molecular formula is C25H32O4. The van der Waals surface area contributed by atoms with Crippen LogP contribution in [0.2, 0.25) is 0 Å². The van der Waals surface area contributed by atoms with E-state index < -0.39 is 6.10 Å². The van der Waals surface area contributed by atoms with E-state index in [1.807, 2.05) is 0 Å². The van der Waals surface area contributed by atoms with E-state index in [4.69, 9.17) is 9.47 Å². The van der Waals surface area contributed by atoms with Gasteiger partial charge in [0.15, 0.2) is 0 Å². The van der Waals surface area contributed by atoms with Gasteiger partial charge < -0.3 is 19.7 Å². The zero-order valence-electron chi connectivity index (χ0n) is 17.2. The number of rotatable bonds is 6. The van der Waals surface area contributed by atoms with Crippen molar-refractivity contribution in [2.45, 2.75) is 76.3 Å². The molecule has 29 heavy (non-hydrogen) atoms. The lowest BCUT2D eigenvalue weighted by atomic mass is 9.92. The summed E-state index contributed by atoms with van der Waals surface area (Å²) in [6.45, 7) is 2.07. The van der Waals surface area contributed by atoms with Crippen molar-refractivity contribution in [3.8, 4) is 5.75 Å². The standard InChI is InChI=1S/C25H32O4/c1-17-6-9-19(25-15-21(27)14-24(16-26)29-25)13-20(17)12-18-7-10-23(11-8-18)28-22-4-2-3-5-22/h6-11,13,21-22,24-27H,2-5,12,14-16H2,1H3. The van der Waals surface area contributed by atoms with Crippen LogP contribution in [0.1, 0.15) is 66.9 Å². The van der Waals surface area contributed by atoms with Gasteiger partial charge in [0.05, 0.1) is 31.0 Å². The Labute approximate surface area is 173 Å². The summed E-state index contributed by atoms with van der Waals surface area (Å²) in [5, 5.41) is 19.6. The monoisotopic (exact) mass is 396 g/mol. The van der Waals surface area contributed by atoms with E-state index in [0.717, 1.165) is 17.7 Å². The van der Waals surface area contributed by atoms with Crippen molar-refractivity contribution in [1.82, 2.24) is 0 Å². The Morgan fingerprint density at radius 1 is 1.03 bits per heavy atom. The minimum atomic E-state index is -0.428. The van der Waals surface area contributed by atoms with E-state index >= 15 is 0 Å². The second-order valence-corrected chi connectivity index (χ2v) is 8.59. The summed E-state index contributed by atoms with van der Waals surface area (Å²) >= 11 is 0. The molecule has 0 bridgehead atoms. The summed E-state index contributed by atoms with van der Waals surface area (Å²) in [4.78, 5) is 0. The van der Waals surface area contributed by atoms with Gasteiger partial charge in [-0.2, -0.15) is 0 Å². The normalized spacial score (nSPS) is 25.3. The summed E-state index contributed by atoms with van der Waals surface area (Å²) in [7, 11) is 0. The highest BCUT2D eigenvalue weighted by atomic mass is 16.5. The molecule has 1 heterocycles. The zero-order chi connectivity index (χ0) is 20.2. The highest BCUT2D eigenvalue weighted by molar-refractivity contribution is 5.38. The van der Waals surface area contributed by atoms with Crippen LogP contribution in [0.3, 0.4) is 0 Å². The summed E-state index contributed by atoms with van der Waals surface area (Å²) in [5.74, 6) is 0.964. The molecule has 0 spiro atoms. The fourth-order valence-corrected chi connectivity index (χ4v) is 4.51. The predicted octanol–water partition coefficient (Wildman–Crippen LogP) is 4.48. The van der Waals surface area contributed by atoms with Crippen molar-refractivity contribution in [2.75, 3.05) is 6.61 Å². The first kappa shape index (κ1) is 20.4. The number of hydrogen-bond donors (Lipinski definition) is 2. The van der Waals surface area contributed by atoms with Crippen LogP contribution in [0.25, 0.3) is 0 Å². The number of aliphatic hydroxyl groups is 2. The van der Waals surface area contributed by atoms with E-state index in [1.54, 1.807) is 0 Å². The van der Waals surface area contributed by atoms with Gasteiger partial charge in [-0.05, 0) is 73.4 Å². The Kier molecular flexibility index (Phi) is 6.53. The van der Waals surface area contributed by atoms with Crippen LogP contribution >= 0.6 is 0 Å².